The van der Waals surface area contributed by atoms with Gasteiger partial charge in [0.1, 0.15) is 11.5 Å². The molecule has 214 valence electrons. The summed E-state index contributed by atoms with van der Waals surface area (Å²) in [5.74, 6) is -0.249. The Bertz CT molecular complexity index is 1490. The van der Waals surface area contributed by atoms with Crippen LogP contribution in [0.25, 0.3) is 5.57 Å². The molecule has 12 nitrogen and oxygen atoms in total. The first-order chi connectivity index (χ1) is 19.1. The number of nitrogens with zero attached hydrogens (tertiary/aromatic N) is 2. The number of imidazole rings is 1. The van der Waals surface area contributed by atoms with E-state index >= 15 is 4.39 Å². The second kappa shape index (κ2) is 12.5. The van der Waals surface area contributed by atoms with Crippen LogP contribution in [0.3, 0.4) is 0 Å². The van der Waals surface area contributed by atoms with E-state index in [0.29, 0.717) is 42.0 Å². The SMILES string of the molecule is CNS(=O)(=O)Nc1cccc(CC2=C(CNCCc3cnc[nH]3)c3ccc(OC(=O)N(C)C)cc3OC2O)c1F. The van der Waals surface area contributed by atoms with Crippen molar-refractivity contribution < 1.29 is 32.2 Å². The first kappa shape index (κ1) is 29.0. The Morgan fingerprint density at radius 3 is 2.77 bits per heavy atom. The molecule has 14 heteroatoms. The van der Waals surface area contributed by atoms with Gasteiger partial charge in [0, 0.05) is 76.2 Å². The van der Waals surface area contributed by atoms with Crippen LogP contribution < -0.4 is 24.2 Å². The molecule has 0 saturated carbocycles. The molecule has 1 unspecified atom stereocenters. The van der Waals surface area contributed by atoms with Gasteiger partial charge in [-0.05, 0) is 29.3 Å². The summed E-state index contributed by atoms with van der Waals surface area (Å²) >= 11 is 0. The lowest BCUT2D eigenvalue weighted by Crippen LogP contribution is -2.30. The van der Waals surface area contributed by atoms with Crippen LogP contribution in [0.15, 0.2) is 54.5 Å². The highest BCUT2D eigenvalue weighted by atomic mass is 32.2. The van der Waals surface area contributed by atoms with Gasteiger partial charge in [0.25, 0.3) is 10.2 Å². The van der Waals surface area contributed by atoms with E-state index in [1.807, 2.05) is 0 Å². The van der Waals surface area contributed by atoms with Gasteiger partial charge in [-0.1, -0.05) is 12.1 Å². The van der Waals surface area contributed by atoms with Gasteiger partial charge >= 0.3 is 6.09 Å². The molecule has 1 atom stereocenters. The van der Waals surface area contributed by atoms with E-state index in [1.165, 1.54) is 36.2 Å². The van der Waals surface area contributed by atoms with Crippen LogP contribution in [-0.4, -0.2) is 75.0 Å². The molecule has 4 rings (SSSR count). The van der Waals surface area contributed by atoms with Crippen LogP contribution in [0.5, 0.6) is 11.5 Å². The highest BCUT2D eigenvalue weighted by Gasteiger charge is 2.29. The number of carbonyl (C=O) groups is 1. The number of H-pyrrole nitrogens is 1. The molecule has 0 bridgehead atoms. The fourth-order valence-electron chi connectivity index (χ4n) is 4.08. The largest absolute Gasteiger partial charge is 0.460 e. The summed E-state index contributed by atoms with van der Waals surface area (Å²) in [6, 6.07) is 9.16. The molecule has 1 amide bonds. The summed E-state index contributed by atoms with van der Waals surface area (Å²) < 4.78 is 54.5. The van der Waals surface area contributed by atoms with Crippen LogP contribution in [-0.2, 0) is 23.1 Å². The minimum Gasteiger partial charge on any atom is -0.460 e. The van der Waals surface area contributed by atoms with Gasteiger partial charge in [0.05, 0.1) is 12.0 Å². The number of nitrogens with one attached hydrogen (secondary N) is 4. The molecule has 40 heavy (non-hydrogen) atoms. The van der Waals surface area contributed by atoms with Gasteiger partial charge in [0.2, 0.25) is 6.29 Å². The molecule has 1 aliphatic heterocycles. The smallest absolute Gasteiger partial charge is 0.414 e. The average molecular weight is 575 g/mol. The van der Waals surface area contributed by atoms with Crippen molar-refractivity contribution in [2.75, 3.05) is 39.0 Å². The molecule has 0 fully saturated rings. The van der Waals surface area contributed by atoms with Gasteiger partial charge in [-0.25, -0.2) is 18.9 Å². The number of fused-ring (bicyclic) bond motifs is 1. The van der Waals surface area contributed by atoms with Crippen molar-refractivity contribution in [2.24, 2.45) is 0 Å². The highest BCUT2D eigenvalue weighted by molar-refractivity contribution is 7.90. The molecule has 0 aliphatic carbocycles. The predicted molar refractivity (Wildman–Crippen MR) is 147 cm³/mol. The number of aromatic nitrogens is 2. The summed E-state index contributed by atoms with van der Waals surface area (Å²) in [4.78, 5) is 20.3. The minimum atomic E-state index is -3.94. The molecule has 1 aliphatic rings. The number of carbonyl (C=O) groups excluding carboxylic acids is 1. The highest BCUT2D eigenvalue weighted by Crippen LogP contribution is 2.39. The number of rotatable bonds is 11. The van der Waals surface area contributed by atoms with E-state index in [2.05, 4.69) is 24.7 Å². The number of amides is 1. The van der Waals surface area contributed by atoms with Crippen LogP contribution in [0.1, 0.15) is 16.8 Å². The Hall–Kier alpha value is -3.98. The minimum absolute atomic E-state index is 0.0590. The van der Waals surface area contributed by atoms with Gasteiger partial charge in [-0.15, -0.1) is 0 Å². The maximum Gasteiger partial charge on any atom is 0.414 e. The molecule has 3 aromatic rings. The van der Waals surface area contributed by atoms with Gasteiger partial charge in [-0.3, -0.25) is 4.72 Å². The number of aliphatic hydroxyl groups excluding tert-OH is 1. The Morgan fingerprint density at radius 2 is 2.08 bits per heavy atom. The zero-order chi connectivity index (χ0) is 28.9. The third-order valence-corrected chi connectivity index (χ3v) is 7.20. The number of aliphatic hydroxyl groups is 1. The quantitative estimate of drug-likeness (QED) is 0.218. The molecule has 2 heterocycles. The monoisotopic (exact) mass is 574 g/mol. The van der Waals surface area contributed by atoms with Crippen LogP contribution in [0, 0.1) is 5.82 Å². The first-order valence-electron chi connectivity index (χ1n) is 12.3. The average Bonchev–Trinajstić information content (AvgIpc) is 3.43. The second-order valence-electron chi connectivity index (χ2n) is 9.16. The number of hydrogen-bond acceptors (Lipinski definition) is 8. The molecular formula is C26H31FN6O6S. The number of hydrogen-bond donors (Lipinski definition) is 5. The topological polar surface area (TPSA) is 158 Å². The number of anilines is 1. The van der Waals surface area contributed by atoms with Crippen molar-refractivity contribution in [3.8, 4) is 11.5 Å². The number of halogens is 1. The fraction of sp³-hybridized carbons (Fsp3) is 0.308. The molecule has 0 radical (unpaired) electrons. The maximum atomic E-state index is 15.4. The molecular weight excluding hydrogens is 543 g/mol. The van der Waals surface area contributed by atoms with E-state index in [1.54, 1.807) is 38.8 Å². The zero-order valence-corrected chi connectivity index (χ0v) is 23.0. The molecule has 0 saturated heterocycles. The molecule has 1 aromatic heterocycles. The van der Waals surface area contributed by atoms with Crippen molar-refractivity contribution in [1.82, 2.24) is 24.9 Å². The molecule has 2 aromatic carbocycles. The fourth-order valence-corrected chi connectivity index (χ4v) is 4.62. The van der Waals surface area contributed by atoms with Gasteiger partial charge < -0.3 is 29.8 Å². The Morgan fingerprint density at radius 1 is 1.27 bits per heavy atom. The zero-order valence-electron chi connectivity index (χ0n) is 22.2. The van der Waals surface area contributed by atoms with Gasteiger partial charge in [0.15, 0.2) is 5.82 Å². The van der Waals surface area contributed by atoms with E-state index in [4.69, 9.17) is 9.47 Å². The predicted octanol–water partition coefficient (Wildman–Crippen LogP) is 2.02. The molecule has 5 N–H and O–H groups in total. The third kappa shape index (κ3) is 6.96. The lowest BCUT2D eigenvalue weighted by atomic mass is 9.91. The Balaban J connectivity index is 1.66. The number of aromatic amines is 1. The summed E-state index contributed by atoms with van der Waals surface area (Å²) in [6.45, 7) is 0.890. The lowest BCUT2D eigenvalue weighted by Gasteiger charge is -2.29. The summed E-state index contributed by atoms with van der Waals surface area (Å²) in [5.41, 5.74) is 2.57. The van der Waals surface area contributed by atoms with Gasteiger partial charge in [-0.2, -0.15) is 8.42 Å². The summed E-state index contributed by atoms with van der Waals surface area (Å²) in [7, 11) is 0.381. The van der Waals surface area contributed by atoms with Crippen LogP contribution in [0.2, 0.25) is 0 Å². The lowest BCUT2D eigenvalue weighted by molar-refractivity contribution is 0.0101. The van der Waals surface area contributed by atoms with Crippen molar-refractivity contribution in [2.45, 2.75) is 19.1 Å². The van der Waals surface area contributed by atoms with E-state index < -0.39 is 28.4 Å². The van der Waals surface area contributed by atoms with E-state index in [-0.39, 0.29) is 23.4 Å². The van der Waals surface area contributed by atoms with Crippen molar-refractivity contribution in [3.63, 3.8) is 0 Å². The molecule has 0 spiro atoms. The standard InChI is InChI=1S/C26H31FN6O6S/c1-28-40(36,37)32-22-6-4-5-16(24(22)27)11-20-21(14-29-10-9-17-13-30-15-31-17)19-8-7-18(38-26(35)33(2)3)12-23(19)39-25(20)34/h4-8,12-13,15,25,28-29,32,34H,9-11,14H2,1-3H3,(H,30,31). The Kier molecular flexibility index (Phi) is 9.04. The van der Waals surface area contributed by atoms with Crippen molar-refractivity contribution >= 4 is 27.6 Å². The Labute approximate surface area is 231 Å². The number of ether oxygens (including phenoxy) is 2. The van der Waals surface area contributed by atoms with Crippen molar-refractivity contribution in [3.05, 3.63) is 77.1 Å². The third-order valence-electron chi connectivity index (χ3n) is 6.17. The maximum absolute atomic E-state index is 15.4. The normalized spacial score (nSPS) is 14.9. The second-order valence-corrected chi connectivity index (χ2v) is 10.8. The van der Waals surface area contributed by atoms with E-state index in [9.17, 15) is 18.3 Å². The van der Waals surface area contributed by atoms with Crippen LogP contribution >= 0.6 is 0 Å². The van der Waals surface area contributed by atoms with Crippen molar-refractivity contribution in [1.29, 1.82) is 0 Å². The van der Waals surface area contributed by atoms with Crippen LogP contribution in [0.4, 0.5) is 14.9 Å². The number of benzene rings is 2. The first-order valence-corrected chi connectivity index (χ1v) is 13.8. The summed E-state index contributed by atoms with van der Waals surface area (Å²) in [5, 5.41) is 14.4. The van der Waals surface area contributed by atoms with E-state index in [0.717, 1.165) is 5.69 Å². The summed E-state index contributed by atoms with van der Waals surface area (Å²) in [6.07, 6.45) is 1.94.